The number of ketones is 1. The average Bonchev–Trinajstić information content (AvgIpc) is 1.56. The molecule has 4 aliphatic heterocycles. The van der Waals surface area contributed by atoms with Crippen LogP contribution in [-0.4, -0.2) is 51.4 Å². The first-order valence-electron chi connectivity index (χ1n) is 36.3. The maximum Gasteiger partial charge on any atom is 0.192 e. The zero-order chi connectivity index (χ0) is 72.2. The smallest absolute Gasteiger partial charge is 0.192 e. The number of aryl methyl sites for hydroxylation is 8. The summed E-state index contributed by atoms with van der Waals surface area (Å²) in [5.41, 5.74) is 33.8. The van der Waals surface area contributed by atoms with Gasteiger partial charge < -0.3 is 25.3 Å². The zero-order valence-corrected chi connectivity index (χ0v) is 60.3. The summed E-state index contributed by atoms with van der Waals surface area (Å²) in [5, 5.41) is 11.6. The van der Waals surface area contributed by atoms with E-state index in [9.17, 15) is 5.41 Å². The van der Waals surface area contributed by atoms with Crippen LogP contribution >= 0.6 is 0 Å². The molecular formula is C96H75N9O. The molecule has 0 saturated carbocycles. The van der Waals surface area contributed by atoms with E-state index < -0.39 is 11.8 Å². The summed E-state index contributed by atoms with van der Waals surface area (Å²) >= 11 is 0. The normalized spacial score (nSPS) is 14.0. The number of hydrogen-bond acceptors (Lipinski definition) is 6. The highest BCUT2D eigenvalue weighted by atomic mass is 16.1. The van der Waals surface area contributed by atoms with Crippen LogP contribution in [0.5, 0.6) is 0 Å². The highest BCUT2D eigenvalue weighted by Crippen LogP contribution is 2.52. The Morgan fingerprint density at radius 3 is 0.698 bits per heavy atom. The molecule has 4 aliphatic rings. The molecule has 0 radical (unpaired) electrons. The number of benzene rings is 8. The lowest BCUT2D eigenvalue weighted by Gasteiger charge is -2.22. The predicted octanol–water partition coefficient (Wildman–Crippen LogP) is 23.9. The van der Waals surface area contributed by atoms with E-state index in [4.69, 9.17) is 19.9 Å². The van der Waals surface area contributed by atoms with Gasteiger partial charge in [-0.15, -0.1) is 0 Å². The minimum absolute atomic E-state index is 0.164. The summed E-state index contributed by atoms with van der Waals surface area (Å²) in [4.78, 5) is 57.2. The number of fused-ring (bicyclic) bond motifs is 16. The molecule has 14 aromatic rings. The fourth-order valence-electron chi connectivity index (χ4n) is 15.8. The van der Waals surface area contributed by atoms with E-state index in [1.807, 2.05) is 0 Å². The molecule has 10 heterocycles. The molecule has 510 valence electrons. The molecule has 10 nitrogen and oxygen atoms in total. The maximum atomic E-state index is 17.9. The van der Waals surface area contributed by atoms with Gasteiger partial charge in [0.25, 0.3) is 0 Å². The van der Waals surface area contributed by atoms with Crippen LogP contribution in [0.1, 0.15) is 107 Å². The number of nitrogens with zero attached hydrogens (tertiary/aromatic N) is 4. The lowest BCUT2D eigenvalue weighted by atomic mass is 9.77. The highest BCUT2D eigenvalue weighted by molar-refractivity contribution is 6.19. The SMILES string of the molecule is Cc1ccc(-c2c3nc(c(-c4ccc(C)cc4)c4ccc([nH]4)c(-c4ccc(C)cc4)c4nc(c(-c5ccc(C)cc5)c5ccc2[nH]5)C(=N)C4C2C(=O)c4nc2c(-c2ccc(C)cc2)c2ccc([nH]2)c(-c2ccc(C)cc2)c2nc(c(-c5ccc(C)cc5)c5ccc([nH]5)c4-c4ccc(C)cc4)C=C2)C=C3)cc1. The Labute approximate surface area is 615 Å². The first-order valence-corrected chi connectivity index (χ1v) is 36.3. The monoisotopic (exact) mass is 1370 g/mol. The van der Waals surface area contributed by atoms with Crippen LogP contribution in [0.15, 0.2) is 243 Å². The summed E-state index contributed by atoms with van der Waals surface area (Å²) in [6.45, 7) is 16.8. The molecule has 0 saturated heterocycles. The molecule has 2 unspecified atom stereocenters. The lowest BCUT2D eigenvalue weighted by molar-refractivity contribution is 0.0963. The van der Waals surface area contributed by atoms with E-state index in [0.717, 1.165) is 178 Å². The van der Waals surface area contributed by atoms with Crippen LogP contribution in [0.3, 0.4) is 0 Å². The molecule has 0 spiro atoms. The van der Waals surface area contributed by atoms with Gasteiger partial charge in [0.05, 0.1) is 57.4 Å². The summed E-state index contributed by atoms with van der Waals surface area (Å²) in [7, 11) is 0. The highest BCUT2D eigenvalue weighted by Gasteiger charge is 2.48. The van der Waals surface area contributed by atoms with Gasteiger partial charge in [-0.1, -0.05) is 239 Å². The third-order valence-electron chi connectivity index (χ3n) is 21.4. The van der Waals surface area contributed by atoms with Gasteiger partial charge in [0, 0.05) is 88.6 Å². The van der Waals surface area contributed by atoms with Gasteiger partial charge in [-0.05, 0) is 173 Å². The average molecular weight is 1370 g/mol. The van der Waals surface area contributed by atoms with Crippen LogP contribution in [0.2, 0.25) is 0 Å². The van der Waals surface area contributed by atoms with Crippen molar-refractivity contribution >= 4 is 79.9 Å². The van der Waals surface area contributed by atoms with E-state index in [0.29, 0.717) is 39.3 Å². The van der Waals surface area contributed by atoms with Gasteiger partial charge in [-0.3, -0.25) is 4.79 Å². The quantitative estimate of drug-likeness (QED) is 0.0973. The van der Waals surface area contributed by atoms with Gasteiger partial charge in [0.1, 0.15) is 5.69 Å². The number of hydrogen-bond donors (Lipinski definition) is 5. The third kappa shape index (κ3) is 11.5. The number of aromatic nitrogens is 8. The zero-order valence-electron chi connectivity index (χ0n) is 60.3. The number of carbonyl (C=O) groups excluding carboxylic acids is 1. The Morgan fingerprint density at radius 2 is 0.434 bits per heavy atom. The van der Waals surface area contributed by atoms with E-state index in [1.165, 1.54) is 0 Å². The predicted molar refractivity (Wildman–Crippen MR) is 438 cm³/mol. The van der Waals surface area contributed by atoms with Gasteiger partial charge in [0.2, 0.25) is 0 Å². The second kappa shape index (κ2) is 26.0. The first kappa shape index (κ1) is 64.9. The van der Waals surface area contributed by atoms with Crippen LogP contribution in [-0.2, 0) is 0 Å². The minimum atomic E-state index is -1.18. The minimum Gasteiger partial charge on any atom is -0.354 e. The van der Waals surface area contributed by atoms with Crippen molar-refractivity contribution in [2.75, 3.05) is 0 Å². The van der Waals surface area contributed by atoms with Crippen molar-refractivity contribution in [2.24, 2.45) is 0 Å². The standard InChI is InChI=1S/C96H75N9O/c1-53-9-25-61(26-10-53)81-69-41-43-71(98-69)83(63-29-13-55(3)14-30-63)75-47-51-79(102-75)87(67-37-21-59(7)22-38-67)94-91(97)89(92(104-94)85(77-49-45-73(81)100-77)65-33-17-57(5)18-34-65)90-93-86(66-35-19-58(6)20-36-66)78-50-46-74(101-78)82(62-27-11-54(2)12-28-62)70-42-44-72(99-70)84(64-31-15-56(4)16-32-64)76-48-52-80(103-76)88(95(105-93)96(90)106)68-39-23-60(8)24-40-68/h9-52,89-90,97,100-103H,1-8H3. The van der Waals surface area contributed by atoms with Crippen LogP contribution in [0, 0.1) is 60.8 Å². The third-order valence-corrected chi connectivity index (χ3v) is 21.4. The molecule has 0 aliphatic carbocycles. The molecule has 10 heteroatoms. The first-order chi connectivity index (χ1) is 51.6. The van der Waals surface area contributed by atoms with Gasteiger partial charge in [-0.2, -0.15) is 0 Å². The molecule has 2 atom stereocenters. The molecule has 18 rings (SSSR count). The van der Waals surface area contributed by atoms with E-state index in [-0.39, 0.29) is 17.2 Å². The van der Waals surface area contributed by atoms with Crippen molar-refractivity contribution in [1.82, 2.24) is 39.9 Å². The number of rotatable bonds is 9. The number of Topliss-reactive ketones (excluding diaryl/α,β-unsaturated/α-hetero) is 1. The Hall–Kier alpha value is -13.2. The van der Waals surface area contributed by atoms with Gasteiger partial charge in [0.15, 0.2) is 5.78 Å². The molecule has 6 aromatic heterocycles. The fraction of sp³-hybridized carbons (Fsp3) is 0.104. The summed E-state index contributed by atoms with van der Waals surface area (Å²) < 4.78 is 0. The van der Waals surface area contributed by atoms with Crippen LogP contribution in [0.25, 0.3) is 157 Å². The Bertz CT molecular complexity index is 5990. The Balaban J connectivity index is 1.03. The number of nitrogens with one attached hydrogen (secondary N) is 5. The van der Waals surface area contributed by atoms with Crippen LogP contribution in [0.4, 0.5) is 0 Å². The van der Waals surface area contributed by atoms with Crippen molar-refractivity contribution in [1.29, 1.82) is 5.41 Å². The summed E-state index contributed by atoms with van der Waals surface area (Å²) in [6.07, 6.45) is 8.50. The fourth-order valence-corrected chi connectivity index (χ4v) is 15.8. The second-order valence-corrected chi connectivity index (χ2v) is 28.9. The topological polar surface area (TPSA) is 156 Å². The van der Waals surface area contributed by atoms with E-state index in [2.05, 4.69) is 342 Å². The second-order valence-electron chi connectivity index (χ2n) is 28.9. The Kier molecular flexibility index (Phi) is 15.9. The van der Waals surface area contributed by atoms with Crippen molar-refractivity contribution in [3.05, 3.63) is 333 Å². The van der Waals surface area contributed by atoms with Gasteiger partial charge >= 0.3 is 0 Å². The molecular weight excluding hydrogens is 1300 g/mol. The van der Waals surface area contributed by atoms with E-state index >= 15 is 4.79 Å². The molecule has 8 aromatic carbocycles. The summed E-state index contributed by atoms with van der Waals surface area (Å²) in [5.74, 6) is -2.52. The van der Waals surface area contributed by atoms with E-state index in [1.54, 1.807) is 0 Å². The van der Waals surface area contributed by atoms with Crippen LogP contribution < -0.4 is 0 Å². The maximum absolute atomic E-state index is 17.9. The molecule has 0 amide bonds. The molecule has 16 bridgehead atoms. The number of H-pyrrole nitrogens is 4. The molecule has 0 fully saturated rings. The summed E-state index contributed by atoms with van der Waals surface area (Å²) in [6, 6.07) is 85.3. The van der Waals surface area contributed by atoms with Crippen molar-refractivity contribution < 1.29 is 4.79 Å². The van der Waals surface area contributed by atoms with Crippen molar-refractivity contribution in [3.63, 3.8) is 0 Å². The molecule has 5 N–H and O–H groups in total. The lowest BCUT2D eigenvalue weighted by Crippen LogP contribution is -2.22. The number of aromatic amines is 4. The largest absolute Gasteiger partial charge is 0.354 e. The number of carbonyl (C=O) groups is 1. The van der Waals surface area contributed by atoms with Gasteiger partial charge in [-0.25, -0.2) is 19.9 Å². The molecule has 106 heavy (non-hydrogen) atoms. The van der Waals surface area contributed by atoms with Crippen molar-refractivity contribution in [3.8, 4) is 89.0 Å². The van der Waals surface area contributed by atoms with Crippen molar-refractivity contribution in [2.45, 2.75) is 67.2 Å². The Morgan fingerprint density at radius 1 is 0.236 bits per heavy atom.